The number of anilines is 1. The Balaban J connectivity index is 2.89. The van der Waals surface area contributed by atoms with E-state index in [0.29, 0.717) is 16.1 Å². The molecule has 4 nitrogen and oxygen atoms in total. The third-order valence-electron chi connectivity index (χ3n) is 1.57. The molecule has 1 heterocycles. The Morgan fingerprint density at radius 1 is 1.46 bits per heavy atom. The molecule has 2 N–H and O–H groups in total. The van der Waals surface area contributed by atoms with Gasteiger partial charge in [0.15, 0.2) is 5.58 Å². The summed E-state index contributed by atoms with van der Waals surface area (Å²) in [6, 6.07) is 4.77. The molecule has 5 heteroatoms. The molecule has 0 atom stereocenters. The van der Waals surface area contributed by atoms with Crippen molar-refractivity contribution in [1.29, 1.82) is 0 Å². The zero-order valence-electron chi connectivity index (χ0n) is 6.45. The average molecular weight is 197 g/mol. The van der Waals surface area contributed by atoms with Crippen molar-refractivity contribution in [2.45, 2.75) is 0 Å². The number of benzene rings is 1. The van der Waals surface area contributed by atoms with Crippen molar-refractivity contribution in [2.75, 3.05) is 5.73 Å². The fourth-order valence-electron chi connectivity index (χ4n) is 0.992. The van der Waals surface area contributed by atoms with E-state index in [2.05, 4.69) is 4.98 Å². The van der Waals surface area contributed by atoms with Crippen LogP contribution >= 0.6 is 11.6 Å². The van der Waals surface area contributed by atoms with Crippen molar-refractivity contribution in [3.05, 3.63) is 33.6 Å². The van der Waals surface area contributed by atoms with Crippen LogP contribution in [0.2, 0.25) is 5.02 Å². The van der Waals surface area contributed by atoms with Crippen molar-refractivity contribution in [3.63, 3.8) is 0 Å². The fourth-order valence-corrected chi connectivity index (χ4v) is 1.16. The summed E-state index contributed by atoms with van der Waals surface area (Å²) in [5, 5.41) is 0.522. The molecule has 0 saturated carbocycles. The molecule has 0 aliphatic heterocycles. The zero-order valence-corrected chi connectivity index (χ0v) is 7.21. The largest absolute Gasteiger partial charge is 0.418 e. The topological polar surface area (TPSA) is 69.1 Å². The van der Waals surface area contributed by atoms with Crippen LogP contribution in [0, 0.1) is 0 Å². The first-order valence-corrected chi connectivity index (χ1v) is 3.90. The van der Waals surface area contributed by atoms with Crippen LogP contribution < -0.4 is 11.4 Å². The molecular weight excluding hydrogens is 192 g/mol. The Labute approximate surface area is 77.9 Å². The van der Waals surface area contributed by atoms with Crippen molar-refractivity contribution < 1.29 is 4.42 Å². The van der Waals surface area contributed by atoms with Crippen molar-refractivity contribution in [2.24, 2.45) is 0 Å². The highest BCUT2D eigenvalue weighted by Crippen LogP contribution is 2.16. The minimum atomic E-state index is -0.630. The number of nitrogens with two attached hydrogens (primary N) is 1. The number of hydrogen-bond donors (Lipinski definition) is 1. The normalized spacial score (nSPS) is 10.5. The number of nitrogen functional groups attached to an aromatic ring is 1. The summed E-state index contributed by atoms with van der Waals surface area (Å²) < 4.78 is 4.85. The van der Waals surface area contributed by atoms with Gasteiger partial charge in [-0.1, -0.05) is 11.6 Å². The van der Waals surface area contributed by atoms with Crippen LogP contribution in [-0.2, 0) is 0 Å². The van der Waals surface area contributed by atoms with Crippen LogP contribution in [0.1, 0.15) is 0 Å². The Morgan fingerprint density at radius 3 is 3.00 bits per heavy atom. The quantitative estimate of drug-likeness (QED) is 0.692. The highest BCUT2D eigenvalue weighted by Gasteiger charge is 2.03. The van der Waals surface area contributed by atoms with Crippen LogP contribution in [0.25, 0.3) is 11.1 Å². The third kappa shape index (κ3) is 1.36. The first-order chi connectivity index (χ1) is 6.16. The summed E-state index contributed by atoms with van der Waals surface area (Å²) in [5.41, 5.74) is 5.50. The van der Waals surface area contributed by atoms with E-state index in [-0.39, 0.29) is 5.82 Å². The molecular formula is C8H5ClN2O2. The van der Waals surface area contributed by atoms with E-state index >= 15 is 0 Å². The van der Waals surface area contributed by atoms with Crippen molar-refractivity contribution in [1.82, 2.24) is 4.98 Å². The van der Waals surface area contributed by atoms with Gasteiger partial charge in [0.05, 0.1) is 0 Å². The first-order valence-electron chi connectivity index (χ1n) is 3.53. The van der Waals surface area contributed by atoms with E-state index in [0.717, 1.165) is 0 Å². The van der Waals surface area contributed by atoms with E-state index in [9.17, 15) is 4.79 Å². The number of nitrogens with zero attached hydrogens (tertiary/aromatic N) is 1. The van der Waals surface area contributed by atoms with Crippen LogP contribution in [-0.4, -0.2) is 4.98 Å². The summed E-state index contributed by atoms with van der Waals surface area (Å²) in [7, 11) is 0. The molecule has 0 saturated heterocycles. The lowest BCUT2D eigenvalue weighted by Gasteiger charge is -1.96. The molecule has 0 amide bonds. The minimum absolute atomic E-state index is 0.158. The van der Waals surface area contributed by atoms with Crippen LogP contribution in [0.4, 0.5) is 5.82 Å². The summed E-state index contributed by atoms with van der Waals surface area (Å²) in [6.45, 7) is 0. The predicted octanol–water partition coefficient (Wildman–Crippen LogP) is 1.42. The molecule has 1 aromatic heterocycles. The van der Waals surface area contributed by atoms with Crippen molar-refractivity contribution in [3.8, 4) is 0 Å². The van der Waals surface area contributed by atoms with E-state index in [1.165, 1.54) is 0 Å². The lowest BCUT2D eigenvalue weighted by Crippen LogP contribution is -2.08. The highest BCUT2D eigenvalue weighted by molar-refractivity contribution is 6.31. The SMILES string of the molecule is Nc1nc2cc(Cl)ccc2oc1=O. The molecule has 0 bridgehead atoms. The van der Waals surface area contributed by atoms with Crippen LogP contribution in [0.3, 0.4) is 0 Å². The van der Waals surface area contributed by atoms with Gasteiger partial charge < -0.3 is 10.2 Å². The highest BCUT2D eigenvalue weighted by atomic mass is 35.5. The second kappa shape index (κ2) is 2.74. The molecule has 66 valence electrons. The zero-order chi connectivity index (χ0) is 9.42. The molecule has 0 aliphatic rings. The lowest BCUT2D eigenvalue weighted by molar-refractivity contribution is 0.559. The maximum atomic E-state index is 10.9. The van der Waals surface area contributed by atoms with E-state index in [1.54, 1.807) is 18.2 Å². The molecule has 0 fully saturated rings. The lowest BCUT2D eigenvalue weighted by atomic mass is 10.3. The smallest absolute Gasteiger partial charge is 0.379 e. The maximum absolute atomic E-state index is 10.9. The number of halogens is 1. The van der Waals surface area contributed by atoms with Gasteiger partial charge in [0.2, 0.25) is 5.82 Å². The monoisotopic (exact) mass is 196 g/mol. The number of hydrogen-bond acceptors (Lipinski definition) is 4. The van der Waals surface area contributed by atoms with Gasteiger partial charge in [-0.2, -0.15) is 0 Å². The fraction of sp³-hybridized carbons (Fsp3) is 0. The molecule has 1 aromatic carbocycles. The summed E-state index contributed by atoms with van der Waals surface area (Å²) >= 11 is 5.71. The molecule has 0 aliphatic carbocycles. The average Bonchev–Trinajstić information content (AvgIpc) is 2.08. The van der Waals surface area contributed by atoms with Gasteiger partial charge in [0.25, 0.3) is 0 Å². The first kappa shape index (κ1) is 8.07. The van der Waals surface area contributed by atoms with Gasteiger partial charge >= 0.3 is 5.63 Å². The Morgan fingerprint density at radius 2 is 2.23 bits per heavy atom. The summed E-state index contributed by atoms with van der Waals surface area (Å²) in [5.74, 6) is -0.158. The van der Waals surface area contributed by atoms with Crippen LogP contribution in [0.5, 0.6) is 0 Å². The molecule has 0 radical (unpaired) electrons. The third-order valence-corrected chi connectivity index (χ3v) is 1.81. The number of fused-ring (bicyclic) bond motifs is 1. The Kier molecular flexibility index (Phi) is 1.70. The Hall–Kier alpha value is -1.55. The molecule has 2 aromatic rings. The Bertz CT molecular complexity index is 521. The van der Waals surface area contributed by atoms with E-state index in [1.807, 2.05) is 0 Å². The van der Waals surface area contributed by atoms with Gasteiger partial charge in [-0.3, -0.25) is 0 Å². The number of rotatable bonds is 0. The second-order valence-corrected chi connectivity index (χ2v) is 2.94. The minimum Gasteiger partial charge on any atom is -0.418 e. The molecule has 13 heavy (non-hydrogen) atoms. The van der Waals surface area contributed by atoms with Gasteiger partial charge in [-0.25, -0.2) is 9.78 Å². The molecule has 2 rings (SSSR count). The van der Waals surface area contributed by atoms with Crippen LogP contribution in [0.15, 0.2) is 27.4 Å². The second-order valence-electron chi connectivity index (χ2n) is 2.50. The maximum Gasteiger partial charge on any atom is 0.379 e. The summed E-state index contributed by atoms with van der Waals surface area (Å²) in [4.78, 5) is 14.8. The number of aromatic nitrogens is 1. The van der Waals surface area contributed by atoms with Gasteiger partial charge in [-0.15, -0.1) is 0 Å². The predicted molar refractivity (Wildman–Crippen MR) is 49.7 cm³/mol. The molecule has 0 unspecified atom stereocenters. The van der Waals surface area contributed by atoms with Gasteiger partial charge in [0, 0.05) is 5.02 Å². The standard InChI is InChI=1S/C8H5ClN2O2/c9-4-1-2-6-5(3-4)11-7(10)8(12)13-6/h1-3H,(H2,10,11). The van der Waals surface area contributed by atoms with Gasteiger partial charge in [-0.05, 0) is 18.2 Å². The van der Waals surface area contributed by atoms with E-state index in [4.69, 9.17) is 21.8 Å². The van der Waals surface area contributed by atoms with E-state index < -0.39 is 5.63 Å². The molecule has 0 spiro atoms. The summed E-state index contributed by atoms with van der Waals surface area (Å²) in [6.07, 6.45) is 0. The van der Waals surface area contributed by atoms with Gasteiger partial charge in [0.1, 0.15) is 5.52 Å². The van der Waals surface area contributed by atoms with Crippen molar-refractivity contribution >= 4 is 28.5 Å².